The smallest absolute Gasteiger partial charge is 0.240 e. The molecule has 5 heteroatoms. The third-order valence-electron chi connectivity index (χ3n) is 5.14. The molecule has 0 bridgehead atoms. The van der Waals surface area contributed by atoms with Crippen molar-refractivity contribution in [1.29, 1.82) is 0 Å². The minimum Gasteiger partial charge on any atom is -0.383 e. The van der Waals surface area contributed by atoms with E-state index in [1.165, 1.54) is 0 Å². The van der Waals surface area contributed by atoms with Crippen molar-refractivity contribution in [1.82, 2.24) is 4.72 Å². The molecular formula is C20H25NO3S. The molecule has 25 heavy (non-hydrogen) atoms. The summed E-state index contributed by atoms with van der Waals surface area (Å²) in [7, 11) is -3.69. The molecule has 0 amide bonds. The Labute approximate surface area is 150 Å². The van der Waals surface area contributed by atoms with Gasteiger partial charge < -0.3 is 5.11 Å². The van der Waals surface area contributed by atoms with Gasteiger partial charge in [0.2, 0.25) is 10.0 Å². The predicted molar refractivity (Wildman–Crippen MR) is 98.9 cm³/mol. The molecule has 1 fully saturated rings. The maximum absolute atomic E-state index is 12.8. The molecule has 2 aromatic carbocycles. The average molecular weight is 359 g/mol. The van der Waals surface area contributed by atoms with Crippen LogP contribution in [0.5, 0.6) is 0 Å². The van der Waals surface area contributed by atoms with E-state index in [-0.39, 0.29) is 17.4 Å². The fourth-order valence-electron chi connectivity index (χ4n) is 3.28. The monoisotopic (exact) mass is 359 g/mol. The lowest BCUT2D eigenvalue weighted by atomic mass is 9.89. The second-order valence-electron chi connectivity index (χ2n) is 7.09. The van der Waals surface area contributed by atoms with E-state index in [0.717, 1.165) is 29.5 Å². The van der Waals surface area contributed by atoms with Crippen molar-refractivity contribution >= 4 is 10.0 Å². The molecule has 0 radical (unpaired) electrons. The number of hydrogen-bond donors (Lipinski definition) is 2. The maximum Gasteiger partial charge on any atom is 0.240 e. The van der Waals surface area contributed by atoms with E-state index in [1.54, 1.807) is 13.0 Å². The van der Waals surface area contributed by atoms with E-state index >= 15 is 0 Å². The van der Waals surface area contributed by atoms with Gasteiger partial charge in [0.1, 0.15) is 5.60 Å². The highest BCUT2D eigenvalue weighted by Gasteiger charge is 2.45. The van der Waals surface area contributed by atoms with Crippen LogP contribution in [0.1, 0.15) is 35.1 Å². The van der Waals surface area contributed by atoms with Crippen LogP contribution >= 0.6 is 0 Å². The van der Waals surface area contributed by atoms with Crippen LogP contribution in [0.3, 0.4) is 0 Å². The normalized spacial score (nSPS) is 17.3. The van der Waals surface area contributed by atoms with Gasteiger partial charge in [-0.1, -0.05) is 36.4 Å². The summed E-state index contributed by atoms with van der Waals surface area (Å²) in [5, 5.41) is 11.2. The van der Waals surface area contributed by atoms with Crippen molar-refractivity contribution in [2.75, 3.05) is 6.54 Å². The first-order valence-corrected chi connectivity index (χ1v) is 10.1. The van der Waals surface area contributed by atoms with E-state index in [1.807, 2.05) is 50.2 Å². The summed E-state index contributed by atoms with van der Waals surface area (Å²) >= 11 is 0. The van der Waals surface area contributed by atoms with E-state index in [2.05, 4.69) is 4.72 Å². The number of aryl methyl sites for hydroxylation is 3. The summed E-state index contributed by atoms with van der Waals surface area (Å²) in [5.41, 5.74) is 2.31. The molecule has 1 aliphatic carbocycles. The van der Waals surface area contributed by atoms with E-state index < -0.39 is 15.6 Å². The first-order chi connectivity index (χ1) is 11.7. The van der Waals surface area contributed by atoms with Gasteiger partial charge in [0.05, 0.1) is 4.90 Å². The molecule has 4 nitrogen and oxygen atoms in total. The van der Waals surface area contributed by atoms with Crippen LogP contribution in [-0.2, 0) is 15.6 Å². The third-order valence-corrected chi connectivity index (χ3v) is 6.68. The number of benzene rings is 2. The van der Waals surface area contributed by atoms with Gasteiger partial charge in [-0.25, -0.2) is 13.1 Å². The van der Waals surface area contributed by atoms with Gasteiger partial charge in [-0.2, -0.15) is 0 Å². The number of sulfonamides is 1. The molecule has 2 aromatic rings. The van der Waals surface area contributed by atoms with Crippen LogP contribution in [0.2, 0.25) is 0 Å². The quantitative estimate of drug-likeness (QED) is 0.832. The Balaban J connectivity index is 1.87. The number of hydrogen-bond acceptors (Lipinski definition) is 3. The first kappa shape index (κ1) is 18.1. The second kappa shape index (κ2) is 6.56. The number of rotatable bonds is 6. The van der Waals surface area contributed by atoms with Crippen molar-refractivity contribution in [2.24, 2.45) is 5.92 Å². The van der Waals surface area contributed by atoms with Crippen molar-refractivity contribution in [3.8, 4) is 0 Å². The van der Waals surface area contributed by atoms with Crippen LogP contribution in [0, 0.1) is 26.7 Å². The van der Waals surface area contributed by atoms with Crippen LogP contribution in [-0.4, -0.2) is 20.1 Å². The van der Waals surface area contributed by atoms with Crippen LogP contribution in [0.4, 0.5) is 0 Å². The minimum absolute atomic E-state index is 0.0175. The molecule has 0 aromatic heterocycles. The van der Waals surface area contributed by atoms with Crippen molar-refractivity contribution in [3.63, 3.8) is 0 Å². The lowest BCUT2D eigenvalue weighted by molar-refractivity contribution is 0.0185. The zero-order chi connectivity index (χ0) is 18.2. The van der Waals surface area contributed by atoms with Crippen LogP contribution < -0.4 is 4.72 Å². The van der Waals surface area contributed by atoms with Crippen LogP contribution in [0.15, 0.2) is 47.4 Å². The van der Waals surface area contributed by atoms with E-state index in [0.29, 0.717) is 5.56 Å². The van der Waals surface area contributed by atoms with Gasteiger partial charge in [-0.05, 0) is 67.9 Å². The predicted octanol–water partition coefficient (Wildman–Crippen LogP) is 3.19. The molecular weight excluding hydrogens is 334 g/mol. The van der Waals surface area contributed by atoms with Gasteiger partial charge in [0.25, 0.3) is 0 Å². The van der Waals surface area contributed by atoms with Crippen molar-refractivity contribution in [3.05, 3.63) is 64.7 Å². The molecule has 1 aliphatic rings. The maximum atomic E-state index is 12.8. The highest BCUT2D eigenvalue weighted by Crippen LogP contribution is 2.45. The van der Waals surface area contributed by atoms with Gasteiger partial charge in [0.15, 0.2) is 0 Å². The first-order valence-electron chi connectivity index (χ1n) is 8.59. The van der Waals surface area contributed by atoms with E-state index in [4.69, 9.17) is 0 Å². The van der Waals surface area contributed by atoms with Crippen LogP contribution in [0.25, 0.3) is 0 Å². The van der Waals surface area contributed by atoms with Crippen molar-refractivity contribution < 1.29 is 13.5 Å². The molecule has 3 rings (SSSR count). The number of aliphatic hydroxyl groups is 1. The largest absolute Gasteiger partial charge is 0.383 e. The molecule has 2 N–H and O–H groups in total. The van der Waals surface area contributed by atoms with Gasteiger partial charge >= 0.3 is 0 Å². The fourth-order valence-corrected chi connectivity index (χ4v) is 4.66. The Morgan fingerprint density at radius 1 is 1.04 bits per heavy atom. The van der Waals surface area contributed by atoms with Gasteiger partial charge in [0, 0.05) is 6.54 Å². The summed E-state index contributed by atoms with van der Waals surface area (Å²) < 4.78 is 28.3. The van der Waals surface area contributed by atoms with E-state index in [9.17, 15) is 13.5 Å². The Kier molecular flexibility index (Phi) is 4.75. The lowest BCUT2D eigenvalue weighted by Gasteiger charge is -2.29. The molecule has 0 heterocycles. The fraction of sp³-hybridized carbons (Fsp3) is 0.400. The molecule has 0 aliphatic heterocycles. The number of nitrogens with one attached hydrogen (secondary N) is 1. The van der Waals surface area contributed by atoms with Gasteiger partial charge in [-0.15, -0.1) is 0 Å². The minimum atomic E-state index is -3.69. The lowest BCUT2D eigenvalue weighted by Crippen LogP contribution is -2.42. The van der Waals surface area contributed by atoms with Crippen molar-refractivity contribution in [2.45, 2.75) is 44.1 Å². The van der Waals surface area contributed by atoms with Gasteiger partial charge in [-0.3, -0.25) is 0 Å². The average Bonchev–Trinajstić information content (AvgIpc) is 3.42. The highest BCUT2D eigenvalue weighted by atomic mass is 32.2. The standard InChI is InChI=1S/C20H25NO3S/c1-14-11-16(3)19(12-15(14)2)25(23,24)21-13-20(22,18-9-10-18)17-7-5-4-6-8-17/h4-8,11-12,18,21-22H,9-10,13H2,1-3H3/t20-/m1/s1. The molecule has 0 unspecified atom stereocenters. The molecule has 1 atom stereocenters. The molecule has 0 saturated heterocycles. The Morgan fingerprint density at radius 3 is 2.24 bits per heavy atom. The zero-order valence-corrected chi connectivity index (χ0v) is 15.7. The third kappa shape index (κ3) is 3.64. The summed E-state index contributed by atoms with van der Waals surface area (Å²) in [6.45, 7) is 5.65. The molecule has 1 saturated carbocycles. The Morgan fingerprint density at radius 2 is 1.64 bits per heavy atom. The topological polar surface area (TPSA) is 66.4 Å². The SMILES string of the molecule is Cc1cc(C)c(S(=O)(=O)NC[C@@](O)(c2ccccc2)C2CC2)cc1C. The highest BCUT2D eigenvalue weighted by molar-refractivity contribution is 7.89. The molecule has 134 valence electrons. The summed E-state index contributed by atoms with van der Waals surface area (Å²) in [6, 6.07) is 12.9. The Bertz CT molecular complexity index is 873. The second-order valence-corrected chi connectivity index (χ2v) is 8.83. The zero-order valence-electron chi connectivity index (χ0n) is 14.9. The summed E-state index contributed by atoms with van der Waals surface area (Å²) in [6.07, 6.45) is 1.82. The summed E-state index contributed by atoms with van der Waals surface area (Å²) in [5.74, 6) is 0.0958. The summed E-state index contributed by atoms with van der Waals surface area (Å²) in [4.78, 5) is 0.279. The molecule has 0 spiro atoms. The Hall–Kier alpha value is -1.69.